The Morgan fingerprint density at radius 2 is 1.86 bits per heavy atom. The van der Waals surface area contributed by atoms with Crippen molar-refractivity contribution in [2.24, 2.45) is 0 Å². The van der Waals surface area contributed by atoms with Crippen LogP contribution >= 0.6 is 0 Å². The highest BCUT2D eigenvalue weighted by molar-refractivity contribution is 5.94. The van der Waals surface area contributed by atoms with Gasteiger partial charge < -0.3 is 9.42 Å². The van der Waals surface area contributed by atoms with E-state index in [-0.39, 0.29) is 23.5 Å². The molecule has 0 unspecified atom stereocenters. The molecule has 0 bridgehead atoms. The standard InChI is InChI=1S/C22H22FN3O2/c1-2-15-7-9-17(10-8-15)22(27)26-13-11-16(12-14-26)21-24-20(25-28-21)18-5-3-4-6-19(18)23/h3-10,16H,2,11-14H2,1H3. The van der Waals surface area contributed by atoms with Crippen LogP contribution in [0.3, 0.4) is 0 Å². The van der Waals surface area contributed by atoms with E-state index in [9.17, 15) is 9.18 Å². The Labute approximate surface area is 163 Å². The van der Waals surface area contributed by atoms with Gasteiger partial charge in [-0.25, -0.2) is 4.39 Å². The molecule has 1 saturated heterocycles. The molecule has 0 aliphatic carbocycles. The predicted octanol–water partition coefficient (Wildman–Crippen LogP) is 4.46. The first-order valence-corrected chi connectivity index (χ1v) is 9.62. The Balaban J connectivity index is 1.40. The highest BCUT2D eigenvalue weighted by Gasteiger charge is 2.28. The summed E-state index contributed by atoms with van der Waals surface area (Å²) in [4.78, 5) is 19.0. The monoisotopic (exact) mass is 379 g/mol. The summed E-state index contributed by atoms with van der Waals surface area (Å²) in [6.07, 6.45) is 2.45. The topological polar surface area (TPSA) is 59.2 Å². The van der Waals surface area contributed by atoms with Crippen molar-refractivity contribution in [3.8, 4) is 11.4 Å². The summed E-state index contributed by atoms with van der Waals surface area (Å²) in [5, 5.41) is 3.93. The molecule has 0 spiro atoms. The summed E-state index contributed by atoms with van der Waals surface area (Å²) in [6.45, 7) is 3.36. The number of rotatable bonds is 4. The van der Waals surface area contributed by atoms with Crippen molar-refractivity contribution in [2.75, 3.05) is 13.1 Å². The zero-order chi connectivity index (χ0) is 19.5. The van der Waals surface area contributed by atoms with Gasteiger partial charge >= 0.3 is 0 Å². The Morgan fingerprint density at radius 1 is 1.14 bits per heavy atom. The molecular weight excluding hydrogens is 357 g/mol. The summed E-state index contributed by atoms with van der Waals surface area (Å²) in [6, 6.07) is 14.2. The van der Waals surface area contributed by atoms with E-state index in [1.54, 1.807) is 18.2 Å². The maximum absolute atomic E-state index is 13.9. The maximum atomic E-state index is 13.9. The van der Waals surface area contributed by atoms with E-state index in [0.29, 0.717) is 24.5 Å². The number of benzene rings is 2. The van der Waals surface area contributed by atoms with Crippen molar-refractivity contribution in [1.82, 2.24) is 15.0 Å². The Hall–Kier alpha value is -3.02. The quantitative estimate of drug-likeness (QED) is 0.672. The van der Waals surface area contributed by atoms with Crippen LogP contribution in [0, 0.1) is 5.82 Å². The van der Waals surface area contributed by atoms with Crippen LogP contribution in [0.15, 0.2) is 53.1 Å². The molecule has 1 amide bonds. The summed E-state index contributed by atoms with van der Waals surface area (Å²) in [7, 11) is 0. The van der Waals surface area contributed by atoms with Crippen molar-refractivity contribution < 1.29 is 13.7 Å². The van der Waals surface area contributed by atoms with Crippen LogP contribution in [0.2, 0.25) is 0 Å². The number of hydrogen-bond donors (Lipinski definition) is 0. The minimum absolute atomic E-state index is 0.0543. The smallest absolute Gasteiger partial charge is 0.253 e. The lowest BCUT2D eigenvalue weighted by atomic mass is 9.96. The van der Waals surface area contributed by atoms with Gasteiger partial charge in [-0.3, -0.25) is 4.79 Å². The van der Waals surface area contributed by atoms with Gasteiger partial charge in [-0.1, -0.05) is 36.3 Å². The Bertz CT molecular complexity index is 960. The molecule has 2 aromatic carbocycles. The van der Waals surface area contributed by atoms with Crippen LogP contribution in [0.1, 0.15) is 47.5 Å². The zero-order valence-electron chi connectivity index (χ0n) is 15.8. The van der Waals surface area contributed by atoms with Crippen LogP contribution in [0.4, 0.5) is 4.39 Å². The van der Waals surface area contributed by atoms with E-state index in [1.165, 1.54) is 11.6 Å². The summed E-state index contributed by atoms with van der Waals surface area (Å²) in [5.74, 6) is 0.544. The third-order valence-corrected chi connectivity index (χ3v) is 5.30. The lowest BCUT2D eigenvalue weighted by molar-refractivity contribution is 0.0704. The lowest BCUT2D eigenvalue weighted by Crippen LogP contribution is -2.38. The highest BCUT2D eigenvalue weighted by Crippen LogP contribution is 2.29. The number of piperidine rings is 1. The molecule has 2 heterocycles. The van der Waals surface area contributed by atoms with Crippen LogP contribution < -0.4 is 0 Å². The van der Waals surface area contributed by atoms with Crippen LogP contribution in [0.5, 0.6) is 0 Å². The second kappa shape index (κ2) is 7.92. The summed E-state index contributed by atoms with van der Waals surface area (Å²) < 4.78 is 19.3. The van der Waals surface area contributed by atoms with E-state index in [2.05, 4.69) is 17.1 Å². The van der Waals surface area contributed by atoms with E-state index in [1.807, 2.05) is 29.2 Å². The normalized spacial score (nSPS) is 15.0. The van der Waals surface area contributed by atoms with Crippen molar-refractivity contribution in [3.05, 3.63) is 71.4 Å². The van der Waals surface area contributed by atoms with Crippen molar-refractivity contribution in [3.63, 3.8) is 0 Å². The first-order valence-electron chi connectivity index (χ1n) is 9.62. The fraction of sp³-hybridized carbons (Fsp3) is 0.318. The molecule has 0 N–H and O–H groups in total. The third-order valence-electron chi connectivity index (χ3n) is 5.30. The second-order valence-electron chi connectivity index (χ2n) is 7.05. The van der Waals surface area contributed by atoms with Gasteiger partial charge in [0.15, 0.2) is 0 Å². The molecule has 1 fully saturated rings. The van der Waals surface area contributed by atoms with Crippen molar-refractivity contribution in [1.29, 1.82) is 0 Å². The largest absolute Gasteiger partial charge is 0.339 e. The van der Waals surface area contributed by atoms with Crippen LogP contribution in [-0.4, -0.2) is 34.0 Å². The second-order valence-corrected chi connectivity index (χ2v) is 7.05. The van der Waals surface area contributed by atoms with Gasteiger partial charge in [0.25, 0.3) is 5.91 Å². The van der Waals surface area contributed by atoms with E-state index >= 15 is 0 Å². The molecule has 1 aromatic heterocycles. The molecule has 5 nitrogen and oxygen atoms in total. The fourth-order valence-corrected chi connectivity index (χ4v) is 3.55. The summed E-state index contributed by atoms with van der Waals surface area (Å²) >= 11 is 0. The van der Waals surface area contributed by atoms with E-state index in [0.717, 1.165) is 24.8 Å². The van der Waals surface area contributed by atoms with Crippen molar-refractivity contribution in [2.45, 2.75) is 32.1 Å². The van der Waals surface area contributed by atoms with Gasteiger partial charge in [-0.05, 0) is 49.1 Å². The zero-order valence-corrected chi connectivity index (χ0v) is 15.8. The first-order chi connectivity index (χ1) is 13.7. The van der Waals surface area contributed by atoms with Gasteiger partial charge in [-0.15, -0.1) is 0 Å². The molecule has 28 heavy (non-hydrogen) atoms. The summed E-state index contributed by atoms with van der Waals surface area (Å²) in [5.41, 5.74) is 2.27. The molecule has 6 heteroatoms. The minimum atomic E-state index is -0.371. The number of aromatic nitrogens is 2. The SMILES string of the molecule is CCc1ccc(C(=O)N2CCC(c3nc(-c4ccccc4F)no3)CC2)cc1. The van der Waals surface area contributed by atoms with Crippen molar-refractivity contribution >= 4 is 5.91 Å². The van der Waals surface area contributed by atoms with Crippen LogP contribution in [-0.2, 0) is 6.42 Å². The highest BCUT2D eigenvalue weighted by atomic mass is 19.1. The number of hydrogen-bond acceptors (Lipinski definition) is 4. The number of carbonyl (C=O) groups is 1. The number of aryl methyl sites for hydroxylation is 1. The molecule has 1 aliphatic rings. The third kappa shape index (κ3) is 3.67. The average molecular weight is 379 g/mol. The van der Waals surface area contributed by atoms with Gasteiger partial charge in [-0.2, -0.15) is 4.98 Å². The molecule has 144 valence electrons. The number of nitrogens with zero attached hydrogens (tertiary/aromatic N) is 3. The Kier molecular flexibility index (Phi) is 5.19. The molecule has 0 radical (unpaired) electrons. The number of likely N-dealkylation sites (tertiary alicyclic amines) is 1. The molecular formula is C22H22FN3O2. The molecule has 0 atom stereocenters. The molecule has 1 aliphatic heterocycles. The van der Waals surface area contributed by atoms with E-state index in [4.69, 9.17) is 4.52 Å². The average Bonchev–Trinajstić information content (AvgIpc) is 3.24. The lowest BCUT2D eigenvalue weighted by Gasteiger charge is -2.30. The number of carbonyl (C=O) groups excluding carboxylic acids is 1. The molecule has 4 rings (SSSR count). The van der Waals surface area contributed by atoms with Gasteiger partial charge in [0.1, 0.15) is 5.82 Å². The predicted molar refractivity (Wildman–Crippen MR) is 103 cm³/mol. The molecule has 0 saturated carbocycles. The van der Waals surface area contributed by atoms with Gasteiger partial charge in [0.2, 0.25) is 11.7 Å². The number of halogens is 1. The van der Waals surface area contributed by atoms with E-state index < -0.39 is 0 Å². The first kappa shape index (κ1) is 18.3. The number of amides is 1. The fourth-order valence-electron chi connectivity index (χ4n) is 3.55. The Morgan fingerprint density at radius 3 is 2.54 bits per heavy atom. The van der Waals surface area contributed by atoms with Gasteiger partial charge in [0, 0.05) is 24.6 Å². The molecule has 3 aromatic rings. The van der Waals surface area contributed by atoms with Crippen LogP contribution in [0.25, 0.3) is 11.4 Å². The van der Waals surface area contributed by atoms with Gasteiger partial charge in [0.05, 0.1) is 5.56 Å². The maximum Gasteiger partial charge on any atom is 0.253 e. The minimum Gasteiger partial charge on any atom is -0.339 e.